The maximum Gasteiger partial charge on any atom is 0.300 e. The van der Waals surface area contributed by atoms with Crippen LogP contribution < -0.4 is 15.2 Å². The Hall–Kier alpha value is -4.08. The zero-order chi connectivity index (χ0) is 30.0. The van der Waals surface area contributed by atoms with E-state index in [0.717, 1.165) is 31.0 Å². The van der Waals surface area contributed by atoms with E-state index in [-0.39, 0.29) is 52.7 Å². The van der Waals surface area contributed by atoms with Crippen molar-refractivity contribution in [3.8, 4) is 28.3 Å². The number of nitrogens with zero attached hydrogens (tertiary/aromatic N) is 4. The second kappa shape index (κ2) is 10.3. The summed E-state index contributed by atoms with van der Waals surface area (Å²) in [5.41, 5.74) is -0.671. The fourth-order valence-electron chi connectivity index (χ4n) is 6.37. The number of phenols is 1. The number of hydrogen-bond acceptors (Lipinski definition) is 6. The van der Waals surface area contributed by atoms with Gasteiger partial charge in [-0.15, -0.1) is 0 Å². The lowest BCUT2D eigenvalue weighted by Gasteiger charge is -2.44. The summed E-state index contributed by atoms with van der Waals surface area (Å²) in [6, 6.07) is 4.48. The third-order valence-electron chi connectivity index (χ3n) is 8.37. The lowest BCUT2D eigenvalue weighted by molar-refractivity contribution is 0.222. The van der Waals surface area contributed by atoms with Gasteiger partial charge in [-0.2, -0.15) is 0 Å². The molecule has 42 heavy (non-hydrogen) atoms. The van der Waals surface area contributed by atoms with Crippen LogP contribution in [0.1, 0.15) is 70.7 Å². The summed E-state index contributed by atoms with van der Waals surface area (Å²) in [5.74, 6) is -3.96. The van der Waals surface area contributed by atoms with E-state index in [2.05, 4.69) is 16.9 Å². The van der Waals surface area contributed by atoms with Crippen LogP contribution in [0.25, 0.3) is 27.7 Å². The van der Waals surface area contributed by atoms with Gasteiger partial charge in [-0.1, -0.05) is 40.7 Å². The normalized spacial score (nSPS) is 18.4. The van der Waals surface area contributed by atoms with Crippen molar-refractivity contribution in [2.24, 2.45) is 5.92 Å². The van der Waals surface area contributed by atoms with Gasteiger partial charge in [-0.25, -0.2) is 23.1 Å². The van der Waals surface area contributed by atoms with Gasteiger partial charge >= 0.3 is 0 Å². The van der Waals surface area contributed by atoms with Crippen LogP contribution in [0.3, 0.4) is 0 Å². The number of ether oxygens (including phenoxy) is 1. The van der Waals surface area contributed by atoms with E-state index in [4.69, 9.17) is 4.74 Å². The minimum Gasteiger partial charge on any atom is -0.507 e. The highest BCUT2D eigenvalue weighted by Gasteiger charge is 2.38. The Balaban J connectivity index is 1.84. The van der Waals surface area contributed by atoms with Crippen molar-refractivity contribution in [1.82, 2.24) is 14.5 Å². The van der Waals surface area contributed by atoms with Crippen LogP contribution in [0.2, 0.25) is 0 Å². The number of hydrogen-bond donors (Lipinski definition) is 1. The average molecular weight is 579 g/mol. The predicted molar refractivity (Wildman–Crippen MR) is 155 cm³/mol. The molecule has 2 aromatic heterocycles. The molecule has 2 aliphatic rings. The number of anilines is 1. The summed E-state index contributed by atoms with van der Waals surface area (Å²) in [5, 5.41) is 10.6. The third kappa shape index (κ3) is 4.22. The fraction of sp³-hybridized carbons (Fsp3) is 0.406. The van der Waals surface area contributed by atoms with Gasteiger partial charge in [-0.3, -0.25) is 9.36 Å². The van der Waals surface area contributed by atoms with Crippen LogP contribution in [0.5, 0.6) is 11.5 Å². The topological polar surface area (TPSA) is 80.5 Å². The highest BCUT2D eigenvalue weighted by Crippen LogP contribution is 2.46. The van der Waals surface area contributed by atoms with Crippen LogP contribution in [0, 0.1) is 23.4 Å². The number of piperidine rings is 1. The standard InChI is InChI=1S/C32H33F3N4O3/c1-15(2)26-30(27(16(3)4)37-14-36-26)39-28-19(11-21(34)24(25(28)35)23-20(33)7-6-8-22(23)40)29-31(32(39)41)42-13-18-10-9-17(5)12-38(18)29/h6-8,11,14-18,40H,9-10,12-13H2,1-5H3/t17-,18+/m0/s1. The van der Waals surface area contributed by atoms with E-state index in [1.165, 1.54) is 17.0 Å². The van der Waals surface area contributed by atoms with Crippen molar-refractivity contribution in [2.45, 2.75) is 65.3 Å². The number of aromatic nitrogens is 3. The molecule has 4 heterocycles. The molecule has 10 heteroatoms. The van der Waals surface area contributed by atoms with Gasteiger partial charge in [0, 0.05) is 11.9 Å². The van der Waals surface area contributed by atoms with E-state index in [1.54, 1.807) is 0 Å². The monoisotopic (exact) mass is 578 g/mol. The maximum atomic E-state index is 17.1. The van der Waals surface area contributed by atoms with Crippen LogP contribution in [0.4, 0.5) is 18.9 Å². The first kappa shape index (κ1) is 28.1. The molecule has 0 radical (unpaired) electrons. The number of fused-ring (bicyclic) bond motifs is 5. The molecule has 6 rings (SSSR count). The first-order valence-electron chi connectivity index (χ1n) is 14.3. The quantitative estimate of drug-likeness (QED) is 0.287. The van der Waals surface area contributed by atoms with Crippen molar-refractivity contribution in [1.29, 1.82) is 0 Å². The molecule has 0 bridgehead atoms. The molecule has 0 aliphatic carbocycles. The number of pyridine rings is 1. The van der Waals surface area contributed by atoms with E-state index in [9.17, 15) is 9.90 Å². The minimum atomic E-state index is -1.18. The number of phenolic OH excluding ortho intramolecular Hbond substituents is 1. The number of aromatic hydroxyl groups is 1. The first-order chi connectivity index (χ1) is 20.0. The van der Waals surface area contributed by atoms with Gasteiger partial charge in [0.25, 0.3) is 5.56 Å². The first-order valence-corrected chi connectivity index (χ1v) is 14.3. The van der Waals surface area contributed by atoms with E-state index in [0.29, 0.717) is 23.6 Å². The number of halogens is 3. The Morgan fingerprint density at radius 3 is 2.31 bits per heavy atom. The molecule has 0 saturated carbocycles. The lowest BCUT2D eigenvalue weighted by atomic mass is 9.91. The minimum absolute atomic E-state index is 0.00130. The number of rotatable bonds is 4. The fourth-order valence-corrected chi connectivity index (χ4v) is 6.37. The molecule has 0 unspecified atom stereocenters. The van der Waals surface area contributed by atoms with Crippen molar-refractivity contribution >= 4 is 16.6 Å². The van der Waals surface area contributed by atoms with Crippen molar-refractivity contribution in [3.05, 3.63) is 69.8 Å². The van der Waals surface area contributed by atoms with Crippen molar-refractivity contribution < 1.29 is 23.0 Å². The van der Waals surface area contributed by atoms with Crippen LogP contribution in [0.15, 0.2) is 35.4 Å². The Morgan fingerprint density at radius 2 is 1.67 bits per heavy atom. The Morgan fingerprint density at radius 1 is 0.976 bits per heavy atom. The maximum absolute atomic E-state index is 17.1. The number of benzene rings is 2. The Labute approximate surface area is 241 Å². The van der Waals surface area contributed by atoms with E-state index >= 15 is 13.2 Å². The van der Waals surface area contributed by atoms with Gasteiger partial charge in [-0.05, 0) is 48.8 Å². The molecule has 2 atom stereocenters. The van der Waals surface area contributed by atoms with Gasteiger partial charge in [0.1, 0.15) is 30.3 Å². The molecule has 1 fully saturated rings. The molecule has 2 aromatic carbocycles. The molecule has 7 nitrogen and oxygen atoms in total. The zero-order valence-corrected chi connectivity index (χ0v) is 24.2. The lowest BCUT2D eigenvalue weighted by Crippen LogP contribution is -2.50. The van der Waals surface area contributed by atoms with Crippen LogP contribution >= 0.6 is 0 Å². The van der Waals surface area contributed by atoms with Crippen LogP contribution in [-0.2, 0) is 0 Å². The van der Waals surface area contributed by atoms with Crippen molar-refractivity contribution in [2.75, 3.05) is 18.1 Å². The summed E-state index contributed by atoms with van der Waals surface area (Å²) >= 11 is 0. The van der Waals surface area contributed by atoms with Gasteiger partial charge in [0.05, 0.1) is 45.4 Å². The summed E-state index contributed by atoms with van der Waals surface area (Å²) in [4.78, 5) is 25.5. The summed E-state index contributed by atoms with van der Waals surface area (Å²) in [6.07, 6.45) is 3.18. The molecule has 0 amide bonds. The second-order valence-electron chi connectivity index (χ2n) is 12.0. The smallest absolute Gasteiger partial charge is 0.300 e. The Bertz CT molecular complexity index is 1740. The van der Waals surface area contributed by atoms with Gasteiger partial charge in [0.15, 0.2) is 5.82 Å². The van der Waals surface area contributed by atoms with E-state index in [1.807, 2.05) is 32.6 Å². The van der Waals surface area contributed by atoms with Gasteiger partial charge in [0.2, 0.25) is 5.75 Å². The molecule has 1 saturated heterocycles. The summed E-state index contributed by atoms with van der Waals surface area (Å²) in [6.45, 7) is 10.5. The second-order valence-corrected chi connectivity index (χ2v) is 12.0. The summed E-state index contributed by atoms with van der Waals surface area (Å²) < 4.78 is 55.5. The Kier molecular flexibility index (Phi) is 6.90. The summed E-state index contributed by atoms with van der Waals surface area (Å²) in [7, 11) is 0. The highest BCUT2D eigenvalue weighted by atomic mass is 19.1. The molecule has 4 aromatic rings. The molecule has 220 valence electrons. The third-order valence-corrected chi connectivity index (χ3v) is 8.37. The van der Waals surface area contributed by atoms with E-state index < -0.39 is 39.9 Å². The van der Waals surface area contributed by atoms with Crippen LogP contribution in [-0.4, -0.2) is 38.8 Å². The molecular formula is C32H33F3N4O3. The largest absolute Gasteiger partial charge is 0.507 e. The predicted octanol–water partition coefficient (Wildman–Crippen LogP) is 6.81. The molecular weight excluding hydrogens is 545 g/mol. The molecule has 1 N–H and O–H groups in total. The van der Waals surface area contributed by atoms with Crippen molar-refractivity contribution in [3.63, 3.8) is 0 Å². The average Bonchev–Trinajstić information content (AvgIpc) is 2.94. The highest BCUT2D eigenvalue weighted by molar-refractivity contribution is 6.00. The SMILES string of the molecule is CC(C)c1ncnc(C(C)C)c1-n1c(=O)c2c(c3cc(F)c(-c4c(O)cccc4F)c(F)c31)N1C[C@@H](C)CC[C@@H]1CO2. The molecule has 2 aliphatic heterocycles. The molecule has 0 spiro atoms. The van der Waals surface area contributed by atoms with Gasteiger partial charge < -0.3 is 14.7 Å². The zero-order valence-electron chi connectivity index (χ0n) is 24.2.